The number of nitrogens with zero attached hydrogens (tertiary/aromatic N) is 2. The number of carbonyl (C=O) groups is 5. The minimum atomic E-state index is -0.762. The molecular formula is C18H20ClN5O7. The topological polar surface area (TPSA) is 182 Å². The van der Waals surface area contributed by atoms with Crippen LogP contribution in [0.4, 0.5) is 5.69 Å². The number of nitrogens with one attached hydrogen (secondary N) is 2. The number of carbonyl (C=O) groups excluding carboxylic acids is 5. The molecule has 3 aliphatic heterocycles. The lowest BCUT2D eigenvalue weighted by Gasteiger charge is -2.29. The molecule has 4 rings (SSSR count). The zero-order valence-electron chi connectivity index (χ0n) is 16.2. The molecule has 0 radical (unpaired) electrons. The van der Waals surface area contributed by atoms with Crippen molar-refractivity contribution in [3.8, 4) is 0 Å². The molecule has 2 unspecified atom stereocenters. The van der Waals surface area contributed by atoms with Crippen molar-refractivity contribution in [1.29, 1.82) is 0 Å². The van der Waals surface area contributed by atoms with Crippen LogP contribution in [0.25, 0.3) is 0 Å². The second-order valence-corrected chi connectivity index (χ2v) is 7.02. The van der Waals surface area contributed by atoms with E-state index in [1.54, 1.807) is 0 Å². The fourth-order valence-corrected chi connectivity index (χ4v) is 3.45. The smallest absolute Gasteiger partial charge is 0.275 e. The number of piperidine rings is 2. The third-order valence-corrected chi connectivity index (χ3v) is 5.04. The predicted octanol–water partition coefficient (Wildman–Crippen LogP) is -0.472. The Hall–Kier alpha value is -3.38. The lowest BCUT2D eigenvalue weighted by atomic mass is 10.0. The number of hydrogen-bond donors (Lipinski definition) is 3. The first-order valence-corrected chi connectivity index (χ1v) is 9.19. The van der Waals surface area contributed by atoms with Crippen molar-refractivity contribution in [1.82, 2.24) is 15.5 Å². The van der Waals surface area contributed by atoms with Crippen LogP contribution in [0.1, 0.15) is 41.6 Å². The van der Waals surface area contributed by atoms with Crippen LogP contribution in [-0.2, 0) is 25.7 Å². The molecule has 0 saturated carbocycles. The molecule has 5 amide bonds. The van der Waals surface area contributed by atoms with Crippen LogP contribution in [0, 0.1) is 10.1 Å². The SMILES string of the molecule is Cl.NC1CCC(=O)NC1=O.O=C1CCC(N2Cc3c(cccc3[N+](=O)[O-])C2=O)C(=O)N1. The number of fused-ring (bicyclic) bond motifs is 1. The summed E-state index contributed by atoms with van der Waals surface area (Å²) in [5.74, 6) is -1.89. The van der Waals surface area contributed by atoms with E-state index in [4.69, 9.17) is 5.73 Å². The second-order valence-electron chi connectivity index (χ2n) is 7.02. The molecule has 0 aromatic heterocycles. The number of nitro groups is 1. The fourth-order valence-electron chi connectivity index (χ4n) is 3.45. The van der Waals surface area contributed by atoms with Gasteiger partial charge in [-0.15, -0.1) is 12.4 Å². The number of halogens is 1. The maximum atomic E-state index is 12.3. The van der Waals surface area contributed by atoms with E-state index in [0.717, 1.165) is 0 Å². The molecule has 0 spiro atoms. The maximum absolute atomic E-state index is 12.3. The molecule has 2 fully saturated rings. The van der Waals surface area contributed by atoms with Crippen molar-refractivity contribution < 1.29 is 28.9 Å². The average molecular weight is 454 g/mol. The quantitative estimate of drug-likeness (QED) is 0.305. The zero-order chi connectivity index (χ0) is 22.0. The van der Waals surface area contributed by atoms with Crippen LogP contribution in [0.2, 0.25) is 0 Å². The Morgan fingerprint density at radius 2 is 1.61 bits per heavy atom. The minimum absolute atomic E-state index is 0. The number of nitrogens with two attached hydrogens (primary N) is 1. The Bertz CT molecular complexity index is 967. The van der Waals surface area contributed by atoms with Crippen LogP contribution in [0.15, 0.2) is 18.2 Å². The normalized spacial score (nSPS) is 22.5. The summed E-state index contributed by atoms with van der Waals surface area (Å²) in [6, 6.07) is 3.05. The van der Waals surface area contributed by atoms with Crippen LogP contribution < -0.4 is 16.4 Å². The first kappa shape index (κ1) is 23.9. The van der Waals surface area contributed by atoms with Gasteiger partial charge in [-0.1, -0.05) is 6.07 Å². The highest BCUT2D eigenvalue weighted by Crippen LogP contribution is 2.33. The molecule has 3 aliphatic rings. The molecule has 4 N–H and O–H groups in total. The predicted molar refractivity (Wildman–Crippen MR) is 107 cm³/mol. The van der Waals surface area contributed by atoms with Gasteiger partial charge in [-0.3, -0.25) is 44.7 Å². The summed E-state index contributed by atoms with van der Waals surface area (Å²) in [5.41, 5.74) is 5.71. The van der Waals surface area contributed by atoms with E-state index < -0.39 is 28.8 Å². The van der Waals surface area contributed by atoms with E-state index in [9.17, 15) is 34.1 Å². The molecule has 13 heteroatoms. The van der Waals surface area contributed by atoms with Crippen LogP contribution in [-0.4, -0.2) is 51.4 Å². The summed E-state index contributed by atoms with van der Waals surface area (Å²) in [6.07, 6.45) is 1.23. The van der Waals surface area contributed by atoms with Gasteiger partial charge in [0.1, 0.15) is 6.04 Å². The molecule has 166 valence electrons. The van der Waals surface area contributed by atoms with Crippen LogP contribution in [0.3, 0.4) is 0 Å². The minimum Gasteiger partial charge on any atom is -0.322 e. The van der Waals surface area contributed by atoms with Crippen molar-refractivity contribution in [2.45, 2.75) is 44.3 Å². The van der Waals surface area contributed by atoms with E-state index in [0.29, 0.717) is 18.4 Å². The zero-order valence-corrected chi connectivity index (χ0v) is 17.0. The van der Waals surface area contributed by atoms with Gasteiger partial charge in [-0.05, 0) is 18.9 Å². The highest BCUT2D eigenvalue weighted by atomic mass is 35.5. The van der Waals surface area contributed by atoms with Gasteiger partial charge in [0.25, 0.3) is 11.6 Å². The van der Waals surface area contributed by atoms with Crippen LogP contribution >= 0.6 is 12.4 Å². The molecule has 31 heavy (non-hydrogen) atoms. The van der Waals surface area contributed by atoms with Crippen molar-refractivity contribution in [3.63, 3.8) is 0 Å². The number of nitro benzene ring substituents is 1. The average Bonchev–Trinajstić information content (AvgIpc) is 3.02. The lowest BCUT2D eigenvalue weighted by Crippen LogP contribution is -2.52. The van der Waals surface area contributed by atoms with Gasteiger partial charge in [-0.25, -0.2) is 0 Å². The largest absolute Gasteiger partial charge is 0.322 e. The van der Waals surface area contributed by atoms with Crippen molar-refractivity contribution >= 4 is 47.6 Å². The monoisotopic (exact) mass is 453 g/mol. The first-order chi connectivity index (χ1) is 14.2. The summed E-state index contributed by atoms with van der Waals surface area (Å²) in [4.78, 5) is 68.1. The van der Waals surface area contributed by atoms with E-state index in [1.807, 2.05) is 0 Å². The number of benzene rings is 1. The Balaban J connectivity index is 0.000000289. The molecule has 3 heterocycles. The van der Waals surface area contributed by atoms with Gasteiger partial charge < -0.3 is 10.6 Å². The van der Waals surface area contributed by atoms with Crippen molar-refractivity contribution in [2.24, 2.45) is 5.73 Å². The summed E-state index contributed by atoms with van der Waals surface area (Å²) >= 11 is 0. The highest BCUT2D eigenvalue weighted by Gasteiger charge is 2.41. The van der Waals surface area contributed by atoms with E-state index in [1.165, 1.54) is 23.1 Å². The Labute approximate surface area is 182 Å². The summed E-state index contributed by atoms with van der Waals surface area (Å²) in [7, 11) is 0. The third-order valence-electron chi connectivity index (χ3n) is 5.04. The number of rotatable bonds is 2. The Morgan fingerprint density at radius 1 is 1.00 bits per heavy atom. The molecular weight excluding hydrogens is 434 g/mol. The van der Waals surface area contributed by atoms with E-state index in [2.05, 4.69) is 10.6 Å². The number of imide groups is 2. The van der Waals surface area contributed by atoms with Gasteiger partial charge in [-0.2, -0.15) is 0 Å². The molecule has 0 bridgehead atoms. The second kappa shape index (κ2) is 9.62. The van der Waals surface area contributed by atoms with Crippen LogP contribution in [0.5, 0.6) is 0 Å². The Kier molecular flexibility index (Phi) is 7.41. The highest BCUT2D eigenvalue weighted by molar-refractivity contribution is 6.05. The van der Waals surface area contributed by atoms with E-state index in [-0.39, 0.29) is 60.8 Å². The summed E-state index contributed by atoms with van der Waals surface area (Å²) in [5, 5.41) is 15.3. The fraction of sp³-hybridized carbons (Fsp3) is 0.389. The number of amides is 5. The molecule has 12 nitrogen and oxygen atoms in total. The Morgan fingerprint density at radius 3 is 2.16 bits per heavy atom. The van der Waals surface area contributed by atoms with Gasteiger partial charge in [0, 0.05) is 18.9 Å². The van der Waals surface area contributed by atoms with Crippen molar-refractivity contribution in [3.05, 3.63) is 39.4 Å². The number of hydrogen-bond acceptors (Lipinski definition) is 8. The molecule has 0 aliphatic carbocycles. The standard InChI is InChI=1S/C13H11N3O5.C5H8N2O2.ClH/c17-11-5-4-10(12(18)14-11)15-6-8-7(13(15)19)2-1-3-9(8)16(20)21;6-3-1-2-4(8)7-5(3)9;/h1-3,10H,4-6H2,(H,14,17,18);3H,1-2,6H2,(H,7,8,9);1H. The maximum Gasteiger partial charge on any atom is 0.275 e. The third kappa shape index (κ3) is 5.03. The van der Waals surface area contributed by atoms with Gasteiger partial charge in [0.05, 0.1) is 28.6 Å². The van der Waals surface area contributed by atoms with Gasteiger partial charge >= 0.3 is 0 Å². The lowest BCUT2D eigenvalue weighted by molar-refractivity contribution is -0.385. The van der Waals surface area contributed by atoms with Gasteiger partial charge in [0.2, 0.25) is 23.6 Å². The molecule has 2 atom stereocenters. The van der Waals surface area contributed by atoms with Gasteiger partial charge in [0.15, 0.2) is 0 Å². The molecule has 1 aromatic rings. The van der Waals surface area contributed by atoms with E-state index >= 15 is 0 Å². The summed E-state index contributed by atoms with van der Waals surface area (Å²) in [6.45, 7) is 0.0115. The molecule has 1 aromatic carbocycles. The molecule has 2 saturated heterocycles. The summed E-state index contributed by atoms with van der Waals surface area (Å²) < 4.78 is 0. The van der Waals surface area contributed by atoms with Crippen molar-refractivity contribution in [2.75, 3.05) is 0 Å². The first-order valence-electron chi connectivity index (χ1n) is 9.19.